The van der Waals surface area contributed by atoms with E-state index in [1.165, 1.54) is 5.56 Å². The van der Waals surface area contributed by atoms with E-state index in [0.29, 0.717) is 17.7 Å². The number of nitrogens with zero attached hydrogens (tertiary/aromatic N) is 8. The summed E-state index contributed by atoms with van der Waals surface area (Å²) in [6.07, 6.45) is 8.88. The smallest absolute Gasteiger partial charge is 0.234 e. The van der Waals surface area contributed by atoms with Crippen molar-refractivity contribution in [3.05, 3.63) is 84.7 Å². The lowest BCUT2D eigenvalue weighted by atomic mass is 10.0. The second-order valence-electron chi connectivity index (χ2n) is 9.31. The first-order valence-corrected chi connectivity index (χ1v) is 12.5. The van der Waals surface area contributed by atoms with Crippen molar-refractivity contribution in [1.82, 2.24) is 34.4 Å². The molecule has 1 saturated heterocycles. The molecule has 3 N–H and O–H groups in total. The zero-order valence-electron chi connectivity index (χ0n) is 20.7. The van der Waals surface area contributed by atoms with Gasteiger partial charge in [-0.2, -0.15) is 5.26 Å². The second kappa shape index (κ2) is 10.2. The van der Waals surface area contributed by atoms with Crippen LogP contribution in [0.15, 0.2) is 73.3 Å². The number of benzene rings is 1. The number of hydrogen-bond donors (Lipinski definition) is 2. The highest BCUT2D eigenvalue weighted by Crippen LogP contribution is 2.30. The minimum atomic E-state index is 0.187. The molecule has 1 aliphatic heterocycles. The Bertz CT molecular complexity index is 1610. The van der Waals surface area contributed by atoms with Gasteiger partial charge in [0.2, 0.25) is 5.82 Å². The maximum atomic E-state index is 9.01. The van der Waals surface area contributed by atoms with E-state index in [2.05, 4.69) is 59.0 Å². The van der Waals surface area contributed by atoms with Crippen molar-refractivity contribution in [1.29, 1.82) is 5.26 Å². The summed E-state index contributed by atoms with van der Waals surface area (Å²) >= 11 is 0. The summed E-state index contributed by atoms with van der Waals surface area (Å²) in [6, 6.07) is 18.4. The van der Waals surface area contributed by atoms with Crippen molar-refractivity contribution in [3.63, 3.8) is 0 Å². The molecule has 0 bridgehead atoms. The molecule has 0 atom stereocenters. The number of rotatable bonds is 6. The van der Waals surface area contributed by atoms with Crippen LogP contribution >= 0.6 is 0 Å². The van der Waals surface area contributed by atoms with E-state index in [4.69, 9.17) is 16.0 Å². The third-order valence-electron chi connectivity index (χ3n) is 6.83. The Morgan fingerprint density at radius 1 is 0.974 bits per heavy atom. The van der Waals surface area contributed by atoms with E-state index in [-0.39, 0.29) is 5.82 Å². The van der Waals surface area contributed by atoms with Gasteiger partial charge in [-0.1, -0.05) is 12.1 Å². The normalized spacial score (nSPS) is 14.4. The van der Waals surface area contributed by atoms with Gasteiger partial charge in [-0.15, -0.1) is 0 Å². The molecule has 0 unspecified atom stereocenters. The molecule has 0 radical (unpaired) electrons. The maximum Gasteiger partial charge on any atom is 0.234 e. The number of nitrogens with one attached hydrogen (secondary N) is 1. The molecule has 38 heavy (non-hydrogen) atoms. The topological polar surface area (TPSA) is 134 Å². The molecule has 5 heterocycles. The van der Waals surface area contributed by atoms with Crippen molar-refractivity contribution >= 4 is 22.7 Å². The average Bonchev–Trinajstić information content (AvgIpc) is 3.34. The molecule has 6 rings (SSSR count). The summed E-state index contributed by atoms with van der Waals surface area (Å²) in [5.41, 5.74) is 11.0. The molecular weight excluding hydrogens is 476 g/mol. The number of nitriles is 1. The van der Waals surface area contributed by atoms with Gasteiger partial charge in [-0.05, 0) is 54.8 Å². The number of anilines is 2. The van der Waals surface area contributed by atoms with Crippen LogP contribution in [0.5, 0.6) is 0 Å². The van der Waals surface area contributed by atoms with Crippen LogP contribution in [0.2, 0.25) is 0 Å². The van der Waals surface area contributed by atoms with E-state index >= 15 is 0 Å². The van der Waals surface area contributed by atoms with Gasteiger partial charge in [-0.3, -0.25) is 14.5 Å². The van der Waals surface area contributed by atoms with Crippen molar-refractivity contribution in [2.75, 3.05) is 24.1 Å². The van der Waals surface area contributed by atoms with E-state index < -0.39 is 0 Å². The van der Waals surface area contributed by atoms with Crippen LogP contribution < -0.4 is 11.1 Å². The van der Waals surface area contributed by atoms with E-state index in [0.717, 1.165) is 60.6 Å². The molecule has 1 aliphatic rings. The Balaban J connectivity index is 1.16. The van der Waals surface area contributed by atoms with Gasteiger partial charge in [0.1, 0.15) is 23.5 Å². The first kappa shape index (κ1) is 23.5. The van der Waals surface area contributed by atoms with Crippen LogP contribution in [0.3, 0.4) is 0 Å². The summed E-state index contributed by atoms with van der Waals surface area (Å²) in [5, 5.41) is 12.5. The summed E-state index contributed by atoms with van der Waals surface area (Å²) in [6.45, 7) is 2.85. The van der Waals surface area contributed by atoms with Gasteiger partial charge < -0.3 is 11.1 Å². The lowest BCUT2D eigenvalue weighted by Gasteiger charge is -2.32. The van der Waals surface area contributed by atoms with Crippen molar-refractivity contribution in [2.24, 2.45) is 0 Å². The summed E-state index contributed by atoms with van der Waals surface area (Å²) in [7, 11) is 0. The zero-order chi connectivity index (χ0) is 25.9. The molecule has 5 aromatic rings. The molecule has 1 fully saturated rings. The van der Waals surface area contributed by atoms with Crippen LogP contribution in [-0.2, 0) is 6.54 Å². The Labute approximate surface area is 219 Å². The number of hydrogen-bond acceptors (Lipinski definition) is 9. The van der Waals surface area contributed by atoms with Gasteiger partial charge in [-0.25, -0.2) is 19.9 Å². The highest BCUT2D eigenvalue weighted by molar-refractivity contribution is 5.84. The monoisotopic (exact) mass is 502 g/mol. The summed E-state index contributed by atoms with van der Waals surface area (Å²) < 4.78 is 2.08. The maximum absolute atomic E-state index is 9.01. The molecule has 10 heteroatoms. The standard InChI is InChI=1S/C28H26N10/c29-16-26-32-13-8-25(36-26)34-20-9-14-37(15-10-20)18-19-3-5-21(6-4-19)38-24-17-31-12-7-23(24)35-28(38)22-2-1-11-33-27(22)30/h1-8,11-13,17,20H,9-10,14-15,18H2,(H2,30,33)(H,32,34,36). The SMILES string of the molecule is N#Cc1nccc(NC2CCN(Cc3ccc(-n4c(-c5cccnc5N)nc5ccncc54)cc3)CC2)n1. The molecule has 0 aliphatic carbocycles. The molecule has 188 valence electrons. The summed E-state index contributed by atoms with van der Waals surface area (Å²) in [5.74, 6) is 2.08. The first-order chi connectivity index (χ1) is 18.7. The number of nitrogen functional groups attached to an aromatic ring is 1. The molecule has 0 amide bonds. The Hall–Kier alpha value is -4.88. The third kappa shape index (κ3) is 4.75. The van der Waals surface area contributed by atoms with E-state index in [9.17, 15) is 0 Å². The fourth-order valence-corrected chi connectivity index (χ4v) is 4.92. The Morgan fingerprint density at radius 2 is 1.82 bits per heavy atom. The molecule has 0 saturated carbocycles. The van der Waals surface area contributed by atoms with Crippen LogP contribution in [0.1, 0.15) is 24.2 Å². The largest absolute Gasteiger partial charge is 0.383 e. The van der Waals surface area contributed by atoms with Gasteiger partial charge in [0.05, 0.1) is 22.8 Å². The quantitative estimate of drug-likeness (QED) is 0.355. The van der Waals surface area contributed by atoms with Crippen molar-refractivity contribution in [3.8, 4) is 23.1 Å². The van der Waals surface area contributed by atoms with Gasteiger partial charge in [0.25, 0.3) is 0 Å². The third-order valence-corrected chi connectivity index (χ3v) is 6.83. The lowest BCUT2D eigenvalue weighted by molar-refractivity contribution is 0.211. The molecule has 4 aromatic heterocycles. The summed E-state index contributed by atoms with van der Waals surface area (Å²) in [4.78, 5) is 24.1. The number of piperidine rings is 1. The van der Waals surface area contributed by atoms with E-state index in [1.54, 1.807) is 18.6 Å². The van der Waals surface area contributed by atoms with Crippen molar-refractivity contribution < 1.29 is 0 Å². The number of nitrogens with two attached hydrogens (primary N) is 1. The first-order valence-electron chi connectivity index (χ1n) is 12.5. The predicted octanol–water partition coefficient (Wildman–Crippen LogP) is 3.80. The van der Waals surface area contributed by atoms with Gasteiger partial charge >= 0.3 is 0 Å². The fraction of sp³-hybridized carbons (Fsp3) is 0.214. The number of likely N-dealkylation sites (tertiary alicyclic amines) is 1. The van der Waals surface area contributed by atoms with Gasteiger partial charge in [0.15, 0.2) is 0 Å². The molecule has 10 nitrogen and oxygen atoms in total. The number of aromatic nitrogens is 6. The fourth-order valence-electron chi connectivity index (χ4n) is 4.92. The number of pyridine rings is 2. The lowest BCUT2D eigenvalue weighted by Crippen LogP contribution is -2.38. The van der Waals surface area contributed by atoms with Crippen LogP contribution in [0.4, 0.5) is 11.6 Å². The van der Waals surface area contributed by atoms with E-state index in [1.807, 2.05) is 36.5 Å². The minimum absolute atomic E-state index is 0.187. The molecule has 1 aromatic carbocycles. The van der Waals surface area contributed by atoms with Crippen LogP contribution in [0, 0.1) is 11.3 Å². The molecular formula is C28H26N10. The predicted molar refractivity (Wildman–Crippen MR) is 145 cm³/mol. The molecule has 0 spiro atoms. The minimum Gasteiger partial charge on any atom is -0.383 e. The number of imidazole rings is 1. The van der Waals surface area contributed by atoms with Crippen molar-refractivity contribution in [2.45, 2.75) is 25.4 Å². The van der Waals surface area contributed by atoms with Gasteiger partial charge in [0, 0.05) is 50.0 Å². The zero-order valence-corrected chi connectivity index (χ0v) is 20.7. The highest BCUT2D eigenvalue weighted by Gasteiger charge is 2.20. The Morgan fingerprint density at radius 3 is 2.61 bits per heavy atom. The van der Waals surface area contributed by atoms with Crippen LogP contribution in [0.25, 0.3) is 28.1 Å². The second-order valence-corrected chi connectivity index (χ2v) is 9.31. The number of fused-ring (bicyclic) bond motifs is 1. The highest BCUT2D eigenvalue weighted by atomic mass is 15.2. The average molecular weight is 503 g/mol. The Kier molecular flexibility index (Phi) is 6.34. The van der Waals surface area contributed by atoms with Crippen LogP contribution in [-0.4, -0.2) is 53.5 Å².